The molecule has 0 bridgehead atoms. The van der Waals surface area contributed by atoms with Gasteiger partial charge in [-0.3, -0.25) is 4.79 Å². The van der Waals surface area contributed by atoms with Crippen molar-refractivity contribution in [3.63, 3.8) is 0 Å². The van der Waals surface area contributed by atoms with E-state index in [2.05, 4.69) is 15.3 Å². The average Bonchev–Trinajstić information content (AvgIpc) is 3.38. The Balaban J connectivity index is 1.59. The van der Waals surface area contributed by atoms with Gasteiger partial charge in [0.25, 0.3) is 0 Å². The summed E-state index contributed by atoms with van der Waals surface area (Å²) >= 11 is 3.10. The first kappa shape index (κ1) is 17.7. The van der Waals surface area contributed by atoms with E-state index in [0.717, 1.165) is 26.6 Å². The molecule has 0 saturated heterocycles. The van der Waals surface area contributed by atoms with Crippen molar-refractivity contribution in [1.29, 1.82) is 0 Å². The number of furan rings is 1. The smallest absolute Gasteiger partial charge is 0.226 e. The van der Waals surface area contributed by atoms with Gasteiger partial charge in [-0.1, -0.05) is 30.0 Å². The lowest BCUT2D eigenvalue weighted by molar-refractivity contribution is -0.119. The maximum Gasteiger partial charge on any atom is 0.226 e. The molecule has 4 aromatic rings. The summed E-state index contributed by atoms with van der Waals surface area (Å²) in [7, 11) is 1.63. The first-order valence-electron chi connectivity index (χ1n) is 8.30. The standard InChI is InChI=1S/C19H16N4O2S2/c1-20-16(24)9-17-21-12(10-26-17)11-27-19-13-5-2-3-6-14(13)22-18(23-19)15-7-4-8-25-15/h2-8,10H,9,11H2,1H3,(H,20,24). The van der Waals surface area contributed by atoms with Gasteiger partial charge in [0.2, 0.25) is 5.91 Å². The fourth-order valence-electron chi connectivity index (χ4n) is 2.54. The number of likely N-dealkylation sites (N-methyl/N-ethyl adjacent to an activating group) is 1. The van der Waals surface area contributed by atoms with Gasteiger partial charge in [0, 0.05) is 23.6 Å². The molecule has 0 aliphatic carbocycles. The molecule has 0 aliphatic rings. The van der Waals surface area contributed by atoms with Crippen LogP contribution in [0.1, 0.15) is 10.7 Å². The fourth-order valence-corrected chi connectivity index (χ4v) is 4.35. The maximum atomic E-state index is 11.5. The number of benzene rings is 1. The third-order valence-corrected chi connectivity index (χ3v) is 5.78. The third kappa shape index (κ3) is 4.01. The zero-order valence-corrected chi connectivity index (χ0v) is 16.1. The van der Waals surface area contributed by atoms with Crippen molar-refractivity contribution in [2.45, 2.75) is 17.2 Å². The van der Waals surface area contributed by atoms with Crippen LogP contribution in [-0.2, 0) is 17.0 Å². The van der Waals surface area contributed by atoms with Crippen LogP contribution in [0.2, 0.25) is 0 Å². The van der Waals surface area contributed by atoms with E-state index >= 15 is 0 Å². The van der Waals surface area contributed by atoms with Gasteiger partial charge in [-0.25, -0.2) is 15.0 Å². The number of thioether (sulfide) groups is 1. The first-order valence-corrected chi connectivity index (χ1v) is 10.2. The van der Waals surface area contributed by atoms with E-state index in [0.29, 0.717) is 23.8 Å². The highest BCUT2D eigenvalue weighted by Gasteiger charge is 2.13. The van der Waals surface area contributed by atoms with Gasteiger partial charge in [0.05, 0.1) is 23.9 Å². The van der Waals surface area contributed by atoms with E-state index in [1.165, 1.54) is 11.3 Å². The highest BCUT2D eigenvalue weighted by molar-refractivity contribution is 7.98. The summed E-state index contributed by atoms with van der Waals surface area (Å²) < 4.78 is 5.45. The Bertz CT molecular complexity index is 1080. The number of amides is 1. The Morgan fingerprint density at radius 1 is 1.19 bits per heavy atom. The number of thiazole rings is 1. The summed E-state index contributed by atoms with van der Waals surface area (Å²) in [5.41, 5.74) is 1.81. The van der Waals surface area contributed by atoms with Crippen LogP contribution in [0.3, 0.4) is 0 Å². The van der Waals surface area contributed by atoms with E-state index in [9.17, 15) is 4.79 Å². The van der Waals surface area contributed by atoms with Gasteiger partial charge in [0.15, 0.2) is 11.6 Å². The molecule has 6 nitrogen and oxygen atoms in total. The summed E-state index contributed by atoms with van der Waals surface area (Å²) in [6.07, 6.45) is 1.93. The van der Waals surface area contributed by atoms with Crippen molar-refractivity contribution >= 4 is 39.9 Å². The minimum atomic E-state index is -0.0339. The van der Waals surface area contributed by atoms with Crippen LogP contribution in [0.15, 0.2) is 57.5 Å². The molecular formula is C19H16N4O2S2. The van der Waals surface area contributed by atoms with Gasteiger partial charge >= 0.3 is 0 Å². The lowest BCUT2D eigenvalue weighted by Crippen LogP contribution is -2.19. The summed E-state index contributed by atoms with van der Waals surface area (Å²) in [6, 6.07) is 11.6. The molecule has 4 rings (SSSR count). The number of fused-ring (bicyclic) bond motifs is 1. The Hall–Kier alpha value is -2.71. The number of rotatable bonds is 6. The number of nitrogens with one attached hydrogen (secondary N) is 1. The molecule has 8 heteroatoms. The number of nitrogens with zero attached hydrogens (tertiary/aromatic N) is 3. The van der Waals surface area contributed by atoms with Crippen LogP contribution in [0.4, 0.5) is 0 Å². The molecule has 1 amide bonds. The highest BCUT2D eigenvalue weighted by Crippen LogP contribution is 2.30. The number of hydrogen-bond acceptors (Lipinski definition) is 7. The van der Waals surface area contributed by atoms with Crippen LogP contribution >= 0.6 is 23.1 Å². The molecule has 1 aromatic carbocycles. The van der Waals surface area contributed by atoms with Crippen molar-refractivity contribution in [3.05, 3.63) is 58.7 Å². The largest absolute Gasteiger partial charge is 0.461 e. The van der Waals surface area contributed by atoms with Crippen molar-refractivity contribution in [3.8, 4) is 11.6 Å². The van der Waals surface area contributed by atoms with E-state index in [4.69, 9.17) is 9.40 Å². The Morgan fingerprint density at radius 2 is 2.07 bits per heavy atom. The molecule has 27 heavy (non-hydrogen) atoms. The molecule has 0 aliphatic heterocycles. The minimum absolute atomic E-state index is 0.0339. The van der Waals surface area contributed by atoms with Gasteiger partial charge in [-0.05, 0) is 18.2 Å². The number of aromatic nitrogens is 3. The Morgan fingerprint density at radius 3 is 2.89 bits per heavy atom. The zero-order chi connectivity index (χ0) is 18.6. The predicted octanol–water partition coefficient (Wildman–Crippen LogP) is 3.93. The van der Waals surface area contributed by atoms with Crippen LogP contribution in [-0.4, -0.2) is 27.9 Å². The second kappa shape index (κ2) is 7.89. The number of carbonyl (C=O) groups excluding carboxylic acids is 1. The van der Waals surface area contributed by atoms with E-state index in [1.54, 1.807) is 25.1 Å². The molecule has 0 atom stereocenters. The van der Waals surface area contributed by atoms with Gasteiger partial charge in [0.1, 0.15) is 10.0 Å². The summed E-state index contributed by atoms with van der Waals surface area (Å²) in [4.78, 5) is 25.3. The van der Waals surface area contributed by atoms with Crippen molar-refractivity contribution in [1.82, 2.24) is 20.3 Å². The molecule has 3 heterocycles. The molecule has 0 unspecified atom stereocenters. The second-order valence-electron chi connectivity index (χ2n) is 5.72. The lowest BCUT2D eigenvalue weighted by Gasteiger charge is -2.06. The summed E-state index contributed by atoms with van der Waals surface area (Å²) in [5.74, 6) is 1.85. The molecule has 0 fully saturated rings. The summed E-state index contributed by atoms with van der Waals surface area (Å²) in [6.45, 7) is 0. The molecule has 0 radical (unpaired) electrons. The van der Waals surface area contributed by atoms with Crippen molar-refractivity contribution in [2.75, 3.05) is 7.05 Å². The quantitative estimate of drug-likeness (QED) is 0.393. The van der Waals surface area contributed by atoms with Gasteiger partial charge < -0.3 is 9.73 Å². The Kier molecular flexibility index (Phi) is 5.17. The minimum Gasteiger partial charge on any atom is -0.461 e. The fraction of sp³-hybridized carbons (Fsp3) is 0.158. The molecule has 0 saturated carbocycles. The third-order valence-electron chi connectivity index (χ3n) is 3.86. The van der Waals surface area contributed by atoms with E-state index in [-0.39, 0.29) is 5.91 Å². The normalized spacial score (nSPS) is 11.0. The number of hydrogen-bond donors (Lipinski definition) is 1. The average molecular weight is 396 g/mol. The lowest BCUT2D eigenvalue weighted by atomic mass is 10.2. The highest BCUT2D eigenvalue weighted by atomic mass is 32.2. The van der Waals surface area contributed by atoms with Crippen molar-refractivity contribution in [2.24, 2.45) is 0 Å². The van der Waals surface area contributed by atoms with Crippen LogP contribution in [0, 0.1) is 0 Å². The van der Waals surface area contributed by atoms with E-state index in [1.807, 2.05) is 41.8 Å². The second-order valence-corrected chi connectivity index (χ2v) is 7.62. The SMILES string of the molecule is CNC(=O)Cc1nc(CSc2nc(-c3ccco3)nc3ccccc23)cs1. The van der Waals surface area contributed by atoms with Gasteiger partial charge in [-0.2, -0.15) is 0 Å². The first-order chi connectivity index (χ1) is 13.2. The maximum absolute atomic E-state index is 11.5. The van der Waals surface area contributed by atoms with E-state index < -0.39 is 0 Å². The number of carbonyl (C=O) groups is 1. The van der Waals surface area contributed by atoms with Gasteiger partial charge in [-0.15, -0.1) is 11.3 Å². The molecule has 1 N–H and O–H groups in total. The van der Waals surface area contributed by atoms with Crippen LogP contribution < -0.4 is 5.32 Å². The predicted molar refractivity (Wildman–Crippen MR) is 107 cm³/mol. The number of para-hydroxylation sites is 1. The van der Waals surface area contributed by atoms with Crippen molar-refractivity contribution < 1.29 is 9.21 Å². The summed E-state index contributed by atoms with van der Waals surface area (Å²) in [5, 5.41) is 7.30. The topological polar surface area (TPSA) is 80.9 Å². The van der Waals surface area contributed by atoms with Crippen LogP contribution in [0.5, 0.6) is 0 Å². The molecular weight excluding hydrogens is 380 g/mol. The molecule has 136 valence electrons. The molecule has 3 aromatic heterocycles. The zero-order valence-electron chi connectivity index (χ0n) is 14.5. The Labute approximate surface area is 164 Å². The molecule has 0 spiro atoms. The monoisotopic (exact) mass is 396 g/mol. The van der Waals surface area contributed by atoms with Crippen LogP contribution in [0.25, 0.3) is 22.5 Å².